The Morgan fingerprint density at radius 2 is 1.85 bits per heavy atom. The van der Waals surface area contributed by atoms with Crippen LogP contribution in [0.25, 0.3) is 28.4 Å². The van der Waals surface area contributed by atoms with Crippen LogP contribution >= 0.6 is 0 Å². The maximum atomic E-state index is 5.66. The van der Waals surface area contributed by atoms with E-state index in [0.29, 0.717) is 30.6 Å². The predicted molar refractivity (Wildman–Crippen MR) is 99.2 cm³/mol. The summed E-state index contributed by atoms with van der Waals surface area (Å²) in [5.74, 6) is 3.34. The van der Waals surface area contributed by atoms with Gasteiger partial charge < -0.3 is 14.2 Å². The SMILES string of the molecule is COc1cccc(-c2ccnc3nc(-c4ccc5c(c4)OCCO5)nn23)c1. The molecule has 7 heteroatoms. The molecule has 5 rings (SSSR count). The Morgan fingerprint density at radius 1 is 0.963 bits per heavy atom. The number of fused-ring (bicyclic) bond motifs is 2. The van der Waals surface area contributed by atoms with E-state index in [2.05, 4.69) is 15.1 Å². The topological polar surface area (TPSA) is 70.8 Å². The number of aromatic nitrogens is 4. The highest BCUT2D eigenvalue weighted by Gasteiger charge is 2.16. The van der Waals surface area contributed by atoms with Crippen molar-refractivity contribution in [3.8, 4) is 39.9 Å². The van der Waals surface area contributed by atoms with E-state index < -0.39 is 0 Å². The summed E-state index contributed by atoms with van der Waals surface area (Å²) in [6, 6.07) is 15.4. The van der Waals surface area contributed by atoms with Gasteiger partial charge in [-0.25, -0.2) is 4.98 Å². The van der Waals surface area contributed by atoms with Gasteiger partial charge in [0.2, 0.25) is 0 Å². The number of nitrogens with zero attached hydrogens (tertiary/aromatic N) is 4. The molecule has 2 aromatic carbocycles. The minimum atomic E-state index is 0.528. The second-order valence-corrected chi connectivity index (χ2v) is 6.07. The zero-order chi connectivity index (χ0) is 18.2. The Bertz CT molecular complexity index is 1140. The van der Waals surface area contributed by atoms with Gasteiger partial charge in [-0.05, 0) is 36.4 Å². The van der Waals surface area contributed by atoms with E-state index in [9.17, 15) is 0 Å². The van der Waals surface area contributed by atoms with Crippen LogP contribution < -0.4 is 14.2 Å². The first-order valence-electron chi connectivity index (χ1n) is 8.58. The first-order chi connectivity index (χ1) is 13.3. The molecule has 0 aliphatic carbocycles. The summed E-state index contributed by atoms with van der Waals surface area (Å²) in [6.45, 7) is 1.10. The number of ether oxygens (including phenoxy) is 3. The van der Waals surface area contributed by atoms with Gasteiger partial charge in [0, 0.05) is 17.3 Å². The number of benzene rings is 2. The highest BCUT2D eigenvalue weighted by Crippen LogP contribution is 2.34. The van der Waals surface area contributed by atoms with Crippen molar-refractivity contribution in [2.75, 3.05) is 20.3 Å². The Kier molecular flexibility index (Phi) is 3.64. The predicted octanol–water partition coefficient (Wildman–Crippen LogP) is 3.24. The molecular formula is C20H16N4O3. The van der Waals surface area contributed by atoms with Gasteiger partial charge in [-0.15, -0.1) is 5.10 Å². The number of hydrogen-bond donors (Lipinski definition) is 0. The van der Waals surface area contributed by atoms with Crippen LogP contribution in [-0.2, 0) is 0 Å². The Balaban J connectivity index is 1.62. The van der Waals surface area contributed by atoms with Crippen molar-refractivity contribution in [1.82, 2.24) is 19.6 Å². The van der Waals surface area contributed by atoms with Crippen molar-refractivity contribution < 1.29 is 14.2 Å². The highest BCUT2D eigenvalue weighted by molar-refractivity contribution is 5.66. The highest BCUT2D eigenvalue weighted by atomic mass is 16.6. The Hall–Kier alpha value is -3.61. The fourth-order valence-corrected chi connectivity index (χ4v) is 3.10. The standard InChI is InChI=1S/C20H16N4O3/c1-25-15-4-2-3-13(11-15)16-7-8-21-20-22-19(23-24(16)20)14-5-6-17-18(12-14)27-10-9-26-17/h2-8,11-12H,9-10H2,1H3. The van der Waals surface area contributed by atoms with Gasteiger partial charge in [0.1, 0.15) is 19.0 Å². The monoisotopic (exact) mass is 360 g/mol. The van der Waals surface area contributed by atoms with Gasteiger partial charge in [-0.1, -0.05) is 12.1 Å². The van der Waals surface area contributed by atoms with Crippen molar-refractivity contribution in [2.45, 2.75) is 0 Å². The van der Waals surface area contributed by atoms with Crippen molar-refractivity contribution in [3.63, 3.8) is 0 Å². The average Bonchev–Trinajstić information content (AvgIpc) is 3.18. The van der Waals surface area contributed by atoms with Gasteiger partial charge >= 0.3 is 0 Å². The zero-order valence-corrected chi connectivity index (χ0v) is 14.6. The van der Waals surface area contributed by atoms with Crippen LogP contribution in [0.3, 0.4) is 0 Å². The van der Waals surface area contributed by atoms with E-state index in [1.807, 2.05) is 48.5 Å². The maximum Gasteiger partial charge on any atom is 0.253 e. The molecule has 27 heavy (non-hydrogen) atoms. The normalized spacial score (nSPS) is 12.9. The Labute approximate surface area is 155 Å². The average molecular weight is 360 g/mol. The molecule has 0 radical (unpaired) electrons. The van der Waals surface area contributed by atoms with Crippen LogP contribution in [0.2, 0.25) is 0 Å². The van der Waals surface area contributed by atoms with Crippen molar-refractivity contribution in [2.24, 2.45) is 0 Å². The smallest absolute Gasteiger partial charge is 0.253 e. The Morgan fingerprint density at radius 3 is 2.74 bits per heavy atom. The van der Waals surface area contributed by atoms with E-state index in [0.717, 1.165) is 28.3 Å². The van der Waals surface area contributed by atoms with Gasteiger partial charge in [0.05, 0.1) is 12.8 Å². The molecule has 7 nitrogen and oxygen atoms in total. The molecular weight excluding hydrogens is 344 g/mol. The molecule has 0 saturated carbocycles. The number of rotatable bonds is 3. The largest absolute Gasteiger partial charge is 0.497 e. The minimum absolute atomic E-state index is 0.528. The van der Waals surface area contributed by atoms with Gasteiger partial charge in [0.25, 0.3) is 5.78 Å². The molecule has 0 fully saturated rings. The first-order valence-corrected chi connectivity index (χ1v) is 8.58. The summed E-state index contributed by atoms with van der Waals surface area (Å²) in [5.41, 5.74) is 2.71. The third kappa shape index (κ3) is 2.73. The van der Waals surface area contributed by atoms with E-state index in [1.165, 1.54) is 0 Å². The van der Waals surface area contributed by atoms with E-state index >= 15 is 0 Å². The minimum Gasteiger partial charge on any atom is -0.497 e. The summed E-state index contributed by atoms with van der Waals surface area (Å²) < 4.78 is 18.3. The molecule has 0 spiro atoms. The molecule has 0 amide bonds. The molecule has 0 atom stereocenters. The molecule has 1 aliphatic heterocycles. The van der Waals surface area contributed by atoms with E-state index in [4.69, 9.17) is 14.2 Å². The molecule has 2 aromatic heterocycles. The third-order valence-electron chi connectivity index (χ3n) is 4.41. The van der Waals surface area contributed by atoms with Gasteiger partial charge in [-0.3, -0.25) is 0 Å². The summed E-state index contributed by atoms with van der Waals surface area (Å²) in [4.78, 5) is 8.92. The van der Waals surface area contributed by atoms with Crippen LogP contribution in [0.15, 0.2) is 54.7 Å². The third-order valence-corrected chi connectivity index (χ3v) is 4.41. The van der Waals surface area contributed by atoms with Crippen molar-refractivity contribution >= 4 is 5.78 Å². The molecule has 0 bridgehead atoms. The lowest BCUT2D eigenvalue weighted by Crippen LogP contribution is -2.15. The number of methoxy groups -OCH3 is 1. The second-order valence-electron chi connectivity index (χ2n) is 6.07. The first kappa shape index (κ1) is 15.6. The molecule has 0 saturated heterocycles. The van der Waals surface area contributed by atoms with Gasteiger partial charge in [0.15, 0.2) is 17.3 Å². The lowest BCUT2D eigenvalue weighted by atomic mass is 10.1. The fraction of sp³-hybridized carbons (Fsp3) is 0.150. The zero-order valence-electron chi connectivity index (χ0n) is 14.6. The molecule has 134 valence electrons. The second kappa shape index (κ2) is 6.28. The maximum absolute atomic E-state index is 5.66. The summed E-state index contributed by atoms with van der Waals surface area (Å²) >= 11 is 0. The summed E-state index contributed by atoms with van der Waals surface area (Å²) in [5, 5.41) is 4.67. The quantitative estimate of drug-likeness (QED) is 0.559. The van der Waals surface area contributed by atoms with E-state index in [-0.39, 0.29) is 0 Å². The van der Waals surface area contributed by atoms with Crippen LogP contribution in [0, 0.1) is 0 Å². The van der Waals surface area contributed by atoms with Crippen molar-refractivity contribution in [3.05, 3.63) is 54.7 Å². The van der Waals surface area contributed by atoms with Crippen LogP contribution in [-0.4, -0.2) is 39.9 Å². The number of hydrogen-bond acceptors (Lipinski definition) is 6. The molecule has 3 heterocycles. The fourth-order valence-electron chi connectivity index (χ4n) is 3.10. The summed E-state index contributed by atoms with van der Waals surface area (Å²) in [6.07, 6.45) is 1.73. The van der Waals surface area contributed by atoms with Gasteiger partial charge in [-0.2, -0.15) is 9.50 Å². The molecule has 4 aromatic rings. The van der Waals surface area contributed by atoms with E-state index in [1.54, 1.807) is 17.8 Å². The lowest BCUT2D eigenvalue weighted by molar-refractivity contribution is 0.171. The molecule has 1 aliphatic rings. The van der Waals surface area contributed by atoms with Crippen LogP contribution in [0.5, 0.6) is 17.2 Å². The summed E-state index contributed by atoms with van der Waals surface area (Å²) in [7, 11) is 1.65. The molecule has 0 unspecified atom stereocenters. The molecule has 0 N–H and O–H groups in total. The van der Waals surface area contributed by atoms with Crippen LogP contribution in [0.4, 0.5) is 0 Å². The lowest BCUT2D eigenvalue weighted by Gasteiger charge is -2.18. The van der Waals surface area contributed by atoms with Crippen LogP contribution in [0.1, 0.15) is 0 Å². The van der Waals surface area contributed by atoms with Crippen molar-refractivity contribution in [1.29, 1.82) is 0 Å².